The molecular formula is C15H24N2O2S. The Morgan fingerprint density at radius 1 is 1.35 bits per heavy atom. The smallest absolute Gasteiger partial charge is 0.243 e. The van der Waals surface area contributed by atoms with Gasteiger partial charge >= 0.3 is 0 Å². The van der Waals surface area contributed by atoms with E-state index in [1.807, 2.05) is 6.07 Å². The van der Waals surface area contributed by atoms with Crippen molar-refractivity contribution in [2.75, 3.05) is 6.54 Å². The van der Waals surface area contributed by atoms with E-state index in [0.717, 1.165) is 24.8 Å². The molecule has 0 aromatic heterocycles. The zero-order valence-corrected chi connectivity index (χ0v) is 13.1. The molecule has 0 unspecified atom stereocenters. The van der Waals surface area contributed by atoms with Gasteiger partial charge in [-0.15, -0.1) is 0 Å². The molecule has 0 atom stereocenters. The molecule has 1 fully saturated rings. The SMILES string of the molecule is CC(C)CCN(C1CC1)S(=O)(=O)c1cccc(CN)c1. The summed E-state index contributed by atoms with van der Waals surface area (Å²) in [4.78, 5) is 0.371. The highest BCUT2D eigenvalue weighted by Gasteiger charge is 2.37. The second-order valence-corrected chi connectivity index (χ2v) is 7.77. The van der Waals surface area contributed by atoms with E-state index in [4.69, 9.17) is 5.73 Å². The molecule has 0 spiro atoms. The van der Waals surface area contributed by atoms with Crippen molar-refractivity contribution < 1.29 is 8.42 Å². The lowest BCUT2D eigenvalue weighted by Gasteiger charge is -2.23. The Labute approximate surface area is 122 Å². The van der Waals surface area contributed by atoms with Crippen LogP contribution in [0.25, 0.3) is 0 Å². The summed E-state index contributed by atoms with van der Waals surface area (Å²) in [6, 6.07) is 7.18. The molecule has 0 saturated heterocycles. The minimum Gasteiger partial charge on any atom is -0.326 e. The molecule has 4 nitrogen and oxygen atoms in total. The van der Waals surface area contributed by atoms with Gasteiger partial charge in [0, 0.05) is 19.1 Å². The Morgan fingerprint density at radius 2 is 2.05 bits per heavy atom. The Morgan fingerprint density at radius 3 is 2.60 bits per heavy atom. The Hall–Kier alpha value is -0.910. The summed E-state index contributed by atoms with van der Waals surface area (Å²) < 4.78 is 27.2. The highest BCUT2D eigenvalue weighted by molar-refractivity contribution is 7.89. The van der Waals surface area contributed by atoms with Crippen LogP contribution in [0.4, 0.5) is 0 Å². The van der Waals surface area contributed by atoms with Crippen molar-refractivity contribution in [2.24, 2.45) is 11.7 Å². The van der Waals surface area contributed by atoms with Gasteiger partial charge in [0.1, 0.15) is 0 Å². The van der Waals surface area contributed by atoms with E-state index in [1.54, 1.807) is 22.5 Å². The van der Waals surface area contributed by atoms with E-state index >= 15 is 0 Å². The third kappa shape index (κ3) is 3.59. The second-order valence-electron chi connectivity index (χ2n) is 5.88. The van der Waals surface area contributed by atoms with Gasteiger partial charge in [-0.3, -0.25) is 0 Å². The fourth-order valence-electron chi connectivity index (χ4n) is 2.22. The van der Waals surface area contributed by atoms with Gasteiger partial charge < -0.3 is 5.73 Å². The van der Waals surface area contributed by atoms with Gasteiger partial charge in [-0.2, -0.15) is 4.31 Å². The molecule has 1 aliphatic carbocycles. The fraction of sp³-hybridized carbons (Fsp3) is 0.600. The van der Waals surface area contributed by atoms with E-state index in [1.165, 1.54) is 0 Å². The van der Waals surface area contributed by atoms with Crippen LogP contribution in [0.2, 0.25) is 0 Å². The highest BCUT2D eigenvalue weighted by Crippen LogP contribution is 2.32. The number of benzene rings is 1. The lowest BCUT2D eigenvalue weighted by atomic mass is 10.1. The Balaban J connectivity index is 2.25. The average Bonchev–Trinajstić information content (AvgIpc) is 3.23. The number of nitrogens with zero attached hydrogens (tertiary/aromatic N) is 1. The molecule has 0 aliphatic heterocycles. The highest BCUT2D eigenvalue weighted by atomic mass is 32.2. The van der Waals surface area contributed by atoms with Crippen LogP contribution >= 0.6 is 0 Å². The third-order valence-corrected chi connectivity index (χ3v) is 5.57. The van der Waals surface area contributed by atoms with Crippen molar-refractivity contribution >= 4 is 10.0 Å². The fourth-order valence-corrected chi connectivity index (χ4v) is 3.99. The largest absolute Gasteiger partial charge is 0.326 e. The number of sulfonamides is 1. The molecule has 0 heterocycles. The standard InChI is InChI=1S/C15H24N2O2S/c1-12(2)8-9-17(14-6-7-14)20(18,19)15-5-3-4-13(10-15)11-16/h3-5,10,12,14H,6-9,11,16H2,1-2H3. The molecule has 1 aliphatic rings. The van der Waals surface area contributed by atoms with Crippen molar-refractivity contribution in [2.45, 2.75) is 50.6 Å². The number of hydrogen-bond acceptors (Lipinski definition) is 3. The molecule has 112 valence electrons. The first kappa shape index (κ1) is 15.5. The summed E-state index contributed by atoms with van der Waals surface area (Å²) in [5.41, 5.74) is 6.45. The number of rotatable bonds is 7. The van der Waals surface area contributed by atoms with Crippen LogP contribution in [0.3, 0.4) is 0 Å². The van der Waals surface area contributed by atoms with Crippen LogP contribution in [-0.2, 0) is 16.6 Å². The summed E-state index contributed by atoms with van der Waals surface area (Å²) in [7, 11) is -3.39. The van der Waals surface area contributed by atoms with Crippen molar-refractivity contribution in [3.8, 4) is 0 Å². The van der Waals surface area contributed by atoms with E-state index in [9.17, 15) is 8.42 Å². The number of hydrogen-bond donors (Lipinski definition) is 1. The van der Waals surface area contributed by atoms with Crippen LogP contribution < -0.4 is 5.73 Å². The molecule has 1 saturated carbocycles. The van der Waals surface area contributed by atoms with E-state index < -0.39 is 10.0 Å². The molecule has 1 aromatic carbocycles. The number of nitrogens with two attached hydrogens (primary N) is 1. The molecule has 2 rings (SSSR count). The summed E-state index contributed by atoms with van der Waals surface area (Å²) in [5.74, 6) is 0.502. The quantitative estimate of drug-likeness (QED) is 0.840. The summed E-state index contributed by atoms with van der Waals surface area (Å²) >= 11 is 0. The van der Waals surface area contributed by atoms with E-state index in [-0.39, 0.29) is 6.04 Å². The minimum absolute atomic E-state index is 0.195. The molecule has 1 aromatic rings. The van der Waals surface area contributed by atoms with Gasteiger partial charge in [-0.1, -0.05) is 26.0 Å². The monoisotopic (exact) mass is 296 g/mol. The zero-order valence-electron chi connectivity index (χ0n) is 12.2. The van der Waals surface area contributed by atoms with Gasteiger partial charge in [0.25, 0.3) is 0 Å². The first-order chi connectivity index (χ1) is 9.45. The maximum atomic E-state index is 12.8. The van der Waals surface area contributed by atoms with Crippen LogP contribution in [0.5, 0.6) is 0 Å². The van der Waals surface area contributed by atoms with Crippen molar-refractivity contribution in [1.82, 2.24) is 4.31 Å². The molecular weight excluding hydrogens is 272 g/mol. The Kier molecular flexibility index (Phi) is 4.83. The molecule has 0 bridgehead atoms. The molecule has 0 radical (unpaired) electrons. The van der Waals surface area contributed by atoms with Crippen LogP contribution in [0.1, 0.15) is 38.7 Å². The van der Waals surface area contributed by atoms with Gasteiger partial charge in [0.2, 0.25) is 10.0 Å². The summed E-state index contributed by atoms with van der Waals surface area (Å²) in [6.07, 6.45) is 2.86. The van der Waals surface area contributed by atoms with Crippen molar-refractivity contribution in [1.29, 1.82) is 0 Å². The lowest BCUT2D eigenvalue weighted by molar-refractivity contribution is 0.373. The lowest BCUT2D eigenvalue weighted by Crippen LogP contribution is -2.34. The molecule has 0 amide bonds. The maximum absolute atomic E-state index is 12.8. The van der Waals surface area contributed by atoms with Gasteiger partial charge in [-0.25, -0.2) is 8.42 Å². The average molecular weight is 296 g/mol. The van der Waals surface area contributed by atoms with E-state index in [0.29, 0.717) is 23.9 Å². The minimum atomic E-state index is -3.39. The van der Waals surface area contributed by atoms with Gasteiger partial charge in [0.05, 0.1) is 4.90 Å². The van der Waals surface area contributed by atoms with Crippen molar-refractivity contribution in [3.05, 3.63) is 29.8 Å². The normalized spacial score (nSPS) is 16.1. The van der Waals surface area contributed by atoms with Crippen LogP contribution in [-0.4, -0.2) is 25.3 Å². The predicted molar refractivity (Wildman–Crippen MR) is 80.7 cm³/mol. The predicted octanol–water partition coefficient (Wildman–Crippen LogP) is 2.34. The zero-order chi connectivity index (χ0) is 14.8. The summed E-state index contributed by atoms with van der Waals surface area (Å²) in [6.45, 7) is 5.20. The second kappa shape index (κ2) is 6.24. The van der Waals surface area contributed by atoms with E-state index in [2.05, 4.69) is 13.8 Å². The van der Waals surface area contributed by atoms with Gasteiger partial charge in [-0.05, 0) is 42.9 Å². The van der Waals surface area contributed by atoms with Gasteiger partial charge in [0.15, 0.2) is 0 Å². The topological polar surface area (TPSA) is 63.4 Å². The first-order valence-electron chi connectivity index (χ1n) is 7.26. The molecule has 2 N–H and O–H groups in total. The third-order valence-electron chi connectivity index (χ3n) is 3.62. The molecule has 20 heavy (non-hydrogen) atoms. The van der Waals surface area contributed by atoms with Crippen LogP contribution in [0, 0.1) is 5.92 Å². The summed E-state index contributed by atoms with van der Waals surface area (Å²) in [5, 5.41) is 0. The first-order valence-corrected chi connectivity index (χ1v) is 8.70. The molecule has 5 heteroatoms. The van der Waals surface area contributed by atoms with Crippen LogP contribution in [0.15, 0.2) is 29.2 Å². The Bertz CT molecular complexity index is 551. The maximum Gasteiger partial charge on any atom is 0.243 e. The van der Waals surface area contributed by atoms with Crippen molar-refractivity contribution in [3.63, 3.8) is 0 Å².